The van der Waals surface area contributed by atoms with Gasteiger partial charge in [0.05, 0.1) is 26.4 Å². The second-order valence-corrected chi connectivity index (χ2v) is 6.62. The minimum atomic E-state index is -0.0140. The summed E-state index contributed by atoms with van der Waals surface area (Å²) in [5.41, 5.74) is 7.51. The molecule has 2 fully saturated rings. The molecule has 0 unspecified atom stereocenters. The molecule has 7 heteroatoms. The minimum absolute atomic E-state index is 0. The Kier molecular flexibility index (Phi) is 8.43. The molecule has 26 heavy (non-hydrogen) atoms. The van der Waals surface area contributed by atoms with E-state index in [0.29, 0.717) is 32.3 Å². The first-order valence-corrected chi connectivity index (χ1v) is 9.17. The van der Waals surface area contributed by atoms with Gasteiger partial charge in [-0.2, -0.15) is 0 Å². The number of nitrogens with zero attached hydrogens (tertiary/aromatic N) is 2. The predicted octanol–water partition coefficient (Wildman–Crippen LogP) is 2.40. The molecule has 0 aliphatic carbocycles. The number of aliphatic imine (C=N–C) groups is 1. The Balaban J connectivity index is 0.00000243. The second kappa shape index (κ2) is 10.3. The van der Waals surface area contributed by atoms with Crippen molar-refractivity contribution < 1.29 is 14.2 Å². The lowest BCUT2D eigenvalue weighted by atomic mass is 9.74. The van der Waals surface area contributed by atoms with Crippen LogP contribution in [0.1, 0.15) is 25.3 Å². The van der Waals surface area contributed by atoms with Crippen molar-refractivity contribution in [1.82, 2.24) is 4.90 Å². The lowest BCUT2D eigenvalue weighted by Gasteiger charge is -2.37. The molecule has 0 radical (unpaired) electrons. The molecule has 2 saturated heterocycles. The Morgan fingerprint density at radius 2 is 1.73 bits per heavy atom. The number of halogens is 1. The molecule has 1 aromatic rings. The Hall–Kier alpha value is -1.06. The molecule has 2 aliphatic heterocycles. The van der Waals surface area contributed by atoms with Crippen LogP contribution in [0.4, 0.5) is 0 Å². The summed E-state index contributed by atoms with van der Waals surface area (Å²) in [5.74, 6) is 1.53. The first-order chi connectivity index (χ1) is 12.2. The van der Waals surface area contributed by atoms with E-state index in [4.69, 9.17) is 24.9 Å². The number of guanidine groups is 1. The Bertz CT molecular complexity index is 568. The third kappa shape index (κ3) is 5.23. The van der Waals surface area contributed by atoms with Crippen molar-refractivity contribution in [2.24, 2.45) is 10.7 Å². The second-order valence-electron chi connectivity index (χ2n) is 6.62. The maximum absolute atomic E-state index is 6.24. The standard InChI is InChI=1S/C19H29N3O3.HI/c1-2-25-17-5-3-16(4-6-17)19(7-11-23-12-8-19)15-21-18(20)22-9-13-24-14-10-22;/h3-6H,2,7-15H2,1H3,(H2,20,21);1H. The number of nitrogens with two attached hydrogens (primary N) is 1. The van der Waals surface area contributed by atoms with Gasteiger partial charge in [-0.3, -0.25) is 4.99 Å². The normalized spacial score (nSPS) is 20.3. The van der Waals surface area contributed by atoms with Gasteiger partial charge in [0, 0.05) is 31.7 Å². The van der Waals surface area contributed by atoms with Gasteiger partial charge in [0.15, 0.2) is 5.96 Å². The zero-order valence-electron chi connectivity index (χ0n) is 15.5. The third-order valence-electron chi connectivity index (χ3n) is 5.11. The van der Waals surface area contributed by atoms with Crippen molar-refractivity contribution in [3.63, 3.8) is 0 Å². The molecule has 0 atom stereocenters. The molecule has 0 amide bonds. The summed E-state index contributed by atoms with van der Waals surface area (Å²) in [6, 6.07) is 8.42. The minimum Gasteiger partial charge on any atom is -0.494 e. The van der Waals surface area contributed by atoms with E-state index in [1.165, 1.54) is 5.56 Å². The van der Waals surface area contributed by atoms with E-state index in [0.717, 1.165) is 44.9 Å². The molecule has 0 saturated carbocycles. The quantitative estimate of drug-likeness (QED) is 0.403. The van der Waals surface area contributed by atoms with Crippen LogP contribution < -0.4 is 10.5 Å². The molecule has 2 aliphatic rings. The van der Waals surface area contributed by atoms with Crippen molar-refractivity contribution in [2.45, 2.75) is 25.2 Å². The van der Waals surface area contributed by atoms with Gasteiger partial charge >= 0.3 is 0 Å². The largest absolute Gasteiger partial charge is 0.494 e. The van der Waals surface area contributed by atoms with E-state index < -0.39 is 0 Å². The summed E-state index contributed by atoms with van der Waals surface area (Å²) >= 11 is 0. The fraction of sp³-hybridized carbons (Fsp3) is 0.632. The summed E-state index contributed by atoms with van der Waals surface area (Å²) in [6.45, 7) is 7.95. The fourth-order valence-corrected chi connectivity index (χ4v) is 3.50. The molecule has 0 bridgehead atoms. The number of morpholine rings is 1. The number of hydrogen-bond donors (Lipinski definition) is 1. The maximum atomic E-state index is 6.24. The van der Waals surface area contributed by atoms with Crippen LogP contribution in [0, 0.1) is 0 Å². The van der Waals surface area contributed by atoms with E-state index in [2.05, 4.69) is 17.0 Å². The molecule has 6 nitrogen and oxygen atoms in total. The van der Waals surface area contributed by atoms with Gasteiger partial charge in [-0.25, -0.2) is 0 Å². The van der Waals surface area contributed by atoms with Crippen LogP contribution in [0.25, 0.3) is 0 Å². The Morgan fingerprint density at radius 3 is 2.35 bits per heavy atom. The topological polar surface area (TPSA) is 69.3 Å². The molecule has 3 rings (SSSR count). The first kappa shape index (κ1) is 21.2. The molecule has 2 heterocycles. The van der Waals surface area contributed by atoms with E-state index in [-0.39, 0.29) is 29.4 Å². The SMILES string of the molecule is CCOc1ccc(C2(CN=C(N)N3CCOCC3)CCOCC2)cc1.I. The Labute approximate surface area is 173 Å². The highest BCUT2D eigenvalue weighted by Gasteiger charge is 2.34. The van der Waals surface area contributed by atoms with Gasteiger partial charge in [0.2, 0.25) is 0 Å². The zero-order valence-corrected chi connectivity index (χ0v) is 17.8. The first-order valence-electron chi connectivity index (χ1n) is 9.17. The average molecular weight is 475 g/mol. The molecule has 0 spiro atoms. The lowest BCUT2D eigenvalue weighted by molar-refractivity contribution is 0.0524. The molecule has 2 N–H and O–H groups in total. The van der Waals surface area contributed by atoms with Gasteiger partial charge in [-0.1, -0.05) is 12.1 Å². The van der Waals surface area contributed by atoms with Gasteiger partial charge < -0.3 is 24.8 Å². The molecular weight excluding hydrogens is 445 g/mol. The maximum Gasteiger partial charge on any atom is 0.191 e. The Morgan fingerprint density at radius 1 is 1.12 bits per heavy atom. The number of ether oxygens (including phenoxy) is 3. The van der Waals surface area contributed by atoms with Crippen LogP contribution in [-0.2, 0) is 14.9 Å². The average Bonchev–Trinajstić information content (AvgIpc) is 2.68. The predicted molar refractivity (Wildman–Crippen MR) is 114 cm³/mol. The molecule has 146 valence electrons. The summed E-state index contributed by atoms with van der Waals surface area (Å²) in [5, 5.41) is 0. The summed E-state index contributed by atoms with van der Waals surface area (Å²) < 4.78 is 16.6. The van der Waals surface area contributed by atoms with Gasteiger partial charge in [0.25, 0.3) is 0 Å². The highest BCUT2D eigenvalue weighted by molar-refractivity contribution is 14.0. The van der Waals surface area contributed by atoms with Crippen molar-refractivity contribution >= 4 is 29.9 Å². The smallest absolute Gasteiger partial charge is 0.191 e. The van der Waals surface area contributed by atoms with Gasteiger partial charge in [-0.15, -0.1) is 24.0 Å². The fourth-order valence-electron chi connectivity index (χ4n) is 3.50. The van der Waals surface area contributed by atoms with Crippen molar-refractivity contribution in [2.75, 3.05) is 52.7 Å². The van der Waals surface area contributed by atoms with E-state index >= 15 is 0 Å². The van der Waals surface area contributed by atoms with Crippen LogP contribution in [0.15, 0.2) is 29.3 Å². The number of rotatable bonds is 5. The number of benzene rings is 1. The lowest BCUT2D eigenvalue weighted by Crippen LogP contribution is -2.46. The van der Waals surface area contributed by atoms with Gasteiger partial charge in [-0.05, 0) is 37.5 Å². The summed E-state index contributed by atoms with van der Waals surface area (Å²) in [4.78, 5) is 6.86. The van der Waals surface area contributed by atoms with Crippen LogP contribution in [0.5, 0.6) is 5.75 Å². The van der Waals surface area contributed by atoms with Crippen molar-refractivity contribution in [3.8, 4) is 5.75 Å². The van der Waals surface area contributed by atoms with E-state index in [1.54, 1.807) is 0 Å². The molecule has 0 aromatic heterocycles. The molecule has 1 aromatic carbocycles. The highest BCUT2D eigenvalue weighted by atomic mass is 127. The van der Waals surface area contributed by atoms with Crippen LogP contribution >= 0.6 is 24.0 Å². The van der Waals surface area contributed by atoms with E-state index in [1.807, 2.05) is 19.1 Å². The van der Waals surface area contributed by atoms with Gasteiger partial charge in [0.1, 0.15) is 5.75 Å². The van der Waals surface area contributed by atoms with Crippen LogP contribution in [0.2, 0.25) is 0 Å². The summed E-state index contributed by atoms with van der Waals surface area (Å²) in [6.07, 6.45) is 1.92. The van der Waals surface area contributed by atoms with E-state index in [9.17, 15) is 0 Å². The van der Waals surface area contributed by atoms with Crippen molar-refractivity contribution in [3.05, 3.63) is 29.8 Å². The third-order valence-corrected chi connectivity index (χ3v) is 5.11. The zero-order chi connectivity index (χ0) is 17.5. The number of hydrogen-bond acceptors (Lipinski definition) is 4. The molecular formula is C19H30IN3O3. The van der Waals surface area contributed by atoms with Crippen LogP contribution in [0.3, 0.4) is 0 Å². The van der Waals surface area contributed by atoms with Crippen molar-refractivity contribution in [1.29, 1.82) is 0 Å². The summed E-state index contributed by atoms with van der Waals surface area (Å²) in [7, 11) is 0. The monoisotopic (exact) mass is 475 g/mol. The van der Waals surface area contributed by atoms with Crippen LogP contribution in [-0.4, -0.2) is 63.5 Å². The highest BCUT2D eigenvalue weighted by Crippen LogP contribution is 2.36.